The summed E-state index contributed by atoms with van der Waals surface area (Å²) >= 11 is 6.45. The molecule has 1 N–H and O–H groups in total. The van der Waals surface area contributed by atoms with Gasteiger partial charge < -0.3 is 14.6 Å². The topological polar surface area (TPSA) is 70.0 Å². The Morgan fingerprint density at radius 1 is 0.947 bits per heavy atom. The summed E-state index contributed by atoms with van der Waals surface area (Å²) in [5, 5.41) is 3.24. The van der Waals surface area contributed by atoms with Gasteiger partial charge in [0.1, 0.15) is 11.5 Å². The predicted molar refractivity (Wildman–Crippen MR) is 153 cm³/mol. The first-order chi connectivity index (χ1) is 18.5. The summed E-state index contributed by atoms with van der Waals surface area (Å²) in [6.45, 7) is 7.29. The Labute approximate surface area is 228 Å². The molecule has 5 rings (SSSR count). The number of aromatic nitrogens is 2. The molecular formula is C30H32ClN5O2. The lowest BCUT2D eigenvalue weighted by Gasteiger charge is -2.35. The van der Waals surface area contributed by atoms with Crippen molar-refractivity contribution in [1.29, 1.82) is 0 Å². The molecule has 0 unspecified atom stereocenters. The maximum Gasteiger partial charge on any atom is 0.298 e. The number of halogens is 1. The second-order valence-electron chi connectivity index (χ2n) is 9.61. The van der Waals surface area contributed by atoms with Gasteiger partial charge in [0.15, 0.2) is 0 Å². The van der Waals surface area contributed by atoms with Gasteiger partial charge in [0, 0.05) is 54.0 Å². The third kappa shape index (κ3) is 5.59. The van der Waals surface area contributed by atoms with E-state index in [4.69, 9.17) is 11.6 Å². The molecule has 4 aromatic rings. The van der Waals surface area contributed by atoms with E-state index >= 15 is 0 Å². The van der Waals surface area contributed by atoms with Gasteiger partial charge in [0.25, 0.3) is 11.7 Å². The highest BCUT2D eigenvalue weighted by atomic mass is 35.5. The number of piperazine rings is 1. The third-order valence-electron chi connectivity index (χ3n) is 7.04. The Balaban J connectivity index is 1.29. The fraction of sp³-hybridized carbons (Fsp3) is 0.300. The standard InChI is InChI=1S/C30H32ClN5O2/c1-2-3-7-14-34-16-18-35(19-17-34)27-13-12-22(21-32-27)33-30(38)29(37)28-25(24-10-4-5-11-26(24)31)20-23-9-6-8-15-36(23)28/h4-6,8-13,15,20-21H,2-3,7,14,16-19H2,1H3,(H,33,38). The van der Waals surface area contributed by atoms with E-state index in [-0.39, 0.29) is 5.69 Å². The van der Waals surface area contributed by atoms with Crippen LogP contribution in [0.5, 0.6) is 0 Å². The van der Waals surface area contributed by atoms with Crippen molar-refractivity contribution in [3.05, 3.63) is 83.8 Å². The lowest BCUT2D eigenvalue weighted by atomic mass is 10.0. The molecule has 1 aliphatic rings. The van der Waals surface area contributed by atoms with Crippen LogP contribution < -0.4 is 10.2 Å². The van der Waals surface area contributed by atoms with Crippen molar-refractivity contribution in [2.24, 2.45) is 0 Å². The molecule has 0 bridgehead atoms. The Morgan fingerprint density at radius 3 is 2.47 bits per heavy atom. The summed E-state index contributed by atoms with van der Waals surface area (Å²) in [6.07, 6.45) is 7.15. The third-order valence-corrected chi connectivity index (χ3v) is 7.37. The average Bonchev–Trinajstić information content (AvgIpc) is 3.33. The molecule has 1 fully saturated rings. The van der Waals surface area contributed by atoms with Gasteiger partial charge in [0.2, 0.25) is 0 Å². The molecule has 38 heavy (non-hydrogen) atoms. The van der Waals surface area contributed by atoms with E-state index in [0.29, 0.717) is 21.8 Å². The van der Waals surface area contributed by atoms with E-state index in [1.165, 1.54) is 19.3 Å². The number of ketones is 1. The lowest BCUT2D eigenvalue weighted by molar-refractivity contribution is -0.112. The molecule has 8 heteroatoms. The van der Waals surface area contributed by atoms with E-state index in [2.05, 4.69) is 27.0 Å². The van der Waals surface area contributed by atoms with Crippen molar-refractivity contribution in [2.45, 2.75) is 26.2 Å². The number of carbonyl (C=O) groups excluding carboxylic acids is 2. The Bertz CT molecular complexity index is 1420. The van der Waals surface area contributed by atoms with Crippen LogP contribution in [-0.2, 0) is 4.79 Å². The van der Waals surface area contributed by atoms with E-state index in [0.717, 1.165) is 44.1 Å². The second kappa shape index (κ2) is 11.8. The molecule has 7 nitrogen and oxygen atoms in total. The molecule has 1 amide bonds. The van der Waals surface area contributed by atoms with Crippen molar-refractivity contribution >= 4 is 40.3 Å². The Hall–Kier alpha value is -3.68. The zero-order valence-corrected chi connectivity index (χ0v) is 22.3. The smallest absolute Gasteiger partial charge is 0.298 e. The van der Waals surface area contributed by atoms with Gasteiger partial charge in [-0.3, -0.25) is 14.5 Å². The van der Waals surface area contributed by atoms with E-state index in [1.807, 2.05) is 48.5 Å². The zero-order chi connectivity index (χ0) is 26.5. The largest absolute Gasteiger partial charge is 0.354 e. The predicted octanol–water partition coefficient (Wildman–Crippen LogP) is 5.79. The molecule has 3 aromatic heterocycles. The monoisotopic (exact) mass is 529 g/mol. The summed E-state index contributed by atoms with van der Waals surface area (Å²) in [5.74, 6) is -0.493. The molecule has 0 atom stereocenters. The number of fused-ring (bicyclic) bond motifs is 1. The molecule has 1 aliphatic heterocycles. The summed E-state index contributed by atoms with van der Waals surface area (Å²) in [7, 11) is 0. The van der Waals surface area contributed by atoms with Gasteiger partial charge in [-0.1, -0.05) is 55.6 Å². The van der Waals surface area contributed by atoms with E-state index < -0.39 is 11.7 Å². The second-order valence-corrected chi connectivity index (χ2v) is 10.0. The fourth-order valence-electron chi connectivity index (χ4n) is 4.97. The molecule has 196 valence electrons. The fourth-order valence-corrected chi connectivity index (χ4v) is 5.21. The van der Waals surface area contributed by atoms with Crippen molar-refractivity contribution < 1.29 is 9.59 Å². The number of hydrogen-bond donors (Lipinski definition) is 1. The van der Waals surface area contributed by atoms with Crippen LogP contribution in [0.1, 0.15) is 36.7 Å². The average molecular weight is 530 g/mol. The Kier molecular flexibility index (Phi) is 8.05. The number of benzene rings is 1. The van der Waals surface area contributed by atoms with Crippen LogP contribution in [0.25, 0.3) is 16.6 Å². The zero-order valence-electron chi connectivity index (χ0n) is 21.6. The number of pyridine rings is 2. The van der Waals surface area contributed by atoms with Gasteiger partial charge in [-0.05, 0) is 49.4 Å². The highest BCUT2D eigenvalue weighted by Crippen LogP contribution is 2.33. The maximum absolute atomic E-state index is 13.5. The SMILES string of the molecule is CCCCCN1CCN(c2ccc(NC(=O)C(=O)c3c(-c4ccccc4Cl)cc4ccccn34)cn2)CC1. The van der Waals surface area contributed by atoms with E-state index in [9.17, 15) is 9.59 Å². The van der Waals surface area contributed by atoms with Crippen LogP contribution >= 0.6 is 11.6 Å². The molecule has 4 heterocycles. The minimum Gasteiger partial charge on any atom is -0.354 e. The van der Waals surface area contributed by atoms with Crippen molar-refractivity contribution in [1.82, 2.24) is 14.3 Å². The van der Waals surface area contributed by atoms with Crippen LogP contribution in [-0.4, -0.2) is 58.7 Å². The van der Waals surface area contributed by atoms with Crippen molar-refractivity contribution in [3.63, 3.8) is 0 Å². The number of rotatable bonds is 9. The highest BCUT2D eigenvalue weighted by Gasteiger charge is 2.26. The van der Waals surface area contributed by atoms with Crippen LogP contribution in [0.4, 0.5) is 11.5 Å². The molecule has 0 radical (unpaired) electrons. The van der Waals surface area contributed by atoms with Gasteiger partial charge >= 0.3 is 0 Å². The van der Waals surface area contributed by atoms with Gasteiger partial charge in [-0.25, -0.2) is 4.98 Å². The number of hydrogen-bond acceptors (Lipinski definition) is 5. The lowest BCUT2D eigenvalue weighted by Crippen LogP contribution is -2.46. The van der Waals surface area contributed by atoms with Crippen LogP contribution in [0.3, 0.4) is 0 Å². The number of nitrogens with zero attached hydrogens (tertiary/aromatic N) is 4. The first kappa shape index (κ1) is 25.9. The van der Waals surface area contributed by atoms with Crippen LogP contribution in [0, 0.1) is 0 Å². The molecule has 0 saturated carbocycles. The quantitative estimate of drug-likeness (QED) is 0.169. The van der Waals surface area contributed by atoms with Crippen molar-refractivity contribution in [2.75, 3.05) is 42.9 Å². The molecule has 1 saturated heterocycles. The van der Waals surface area contributed by atoms with E-state index in [1.54, 1.807) is 28.9 Å². The first-order valence-corrected chi connectivity index (χ1v) is 13.6. The van der Waals surface area contributed by atoms with Crippen LogP contribution in [0.2, 0.25) is 5.02 Å². The molecule has 0 aliphatic carbocycles. The van der Waals surface area contributed by atoms with Gasteiger partial charge in [-0.15, -0.1) is 0 Å². The van der Waals surface area contributed by atoms with Crippen molar-refractivity contribution in [3.8, 4) is 11.1 Å². The number of anilines is 2. The summed E-state index contributed by atoms with van der Waals surface area (Å²) in [4.78, 5) is 35.9. The number of nitrogens with one attached hydrogen (secondary N) is 1. The summed E-state index contributed by atoms with van der Waals surface area (Å²) < 4.78 is 1.73. The van der Waals surface area contributed by atoms with Gasteiger partial charge in [-0.2, -0.15) is 0 Å². The highest BCUT2D eigenvalue weighted by molar-refractivity contribution is 6.47. The molecule has 1 aromatic carbocycles. The number of amides is 1. The number of unbranched alkanes of at least 4 members (excludes halogenated alkanes) is 2. The molecular weight excluding hydrogens is 498 g/mol. The summed E-state index contributed by atoms with van der Waals surface area (Å²) in [6, 6.07) is 18.5. The molecule has 0 spiro atoms. The van der Waals surface area contributed by atoms with Crippen LogP contribution in [0.15, 0.2) is 73.1 Å². The number of carbonyl (C=O) groups is 2. The Morgan fingerprint density at radius 2 is 1.74 bits per heavy atom. The van der Waals surface area contributed by atoms with Gasteiger partial charge in [0.05, 0.1) is 11.9 Å². The first-order valence-electron chi connectivity index (χ1n) is 13.2. The number of Topliss-reactive ketones (excluding diaryl/α,β-unsaturated/α-hetero) is 1. The normalized spacial score (nSPS) is 14.1. The minimum absolute atomic E-state index is 0.271. The minimum atomic E-state index is -0.725. The maximum atomic E-state index is 13.5. The summed E-state index contributed by atoms with van der Waals surface area (Å²) in [5.41, 5.74) is 2.86.